The number of rotatable bonds is 4. The minimum atomic E-state index is 0.244. The molecule has 2 atom stereocenters. The van der Waals surface area contributed by atoms with Gasteiger partial charge in [0.1, 0.15) is 0 Å². The average Bonchev–Trinajstić information content (AvgIpc) is 2.95. The van der Waals surface area contributed by atoms with Crippen molar-refractivity contribution in [2.75, 3.05) is 13.1 Å². The number of amides is 1. The van der Waals surface area contributed by atoms with Crippen LogP contribution in [0.15, 0.2) is 0 Å². The largest absolute Gasteiger partial charge is 0.375 e. The van der Waals surface area contributed by atoms with Gasteiger partial charge in [-0.15, -0.1) is 0 Å². The number of likely N-dealkylation sites (tertiary alicyclic amines) is 1. The van der Waals surface area contributed by atoms with Crippen LogP contribution in [0.3, 0.4) is 0 Å². The van der Waals surface area contributed by atoms with Crippen LogP contribution in [0.5, 0.6) is 0 Å². The summed E-state index contributed by atoms with van der Waals surface area (Å²) in [6.45, 7) is 4.08. The molecule has 23 heavy (non-hydrogen) atoms. The fourth-order valence-electron chi connectivity index (χ4n) is 4.55. The molecule has 1 saturated heterocycles. The Balaban J connectivity index is 1.37. The monoisotopic (exact) mass is 322 g/mol. The Morgan fingerprint density at radius 1 is 1.00 bits per heavy atom. The molecule has 0 spiro atoms. The molecule has 4 nitrogen and oxygen atoms in total. The van der Waals surface area contributed by atoms with Gasteiger partial charge < -0.3 is 15.4 Å². The van der Waals surface area contributed by atoms with E-state index in [0.29, 0.717) is 30.5 Å². The third kappa shape index (κ3) is 4.69. The van der Waals surface area contributed by atoms with Gasteiger partial charge in [0.25, 0.3) is 0 Å². The molecule has 0 aromatic rings. The highest BCUT2D eigenvalue weighted by Crippen LogP contribution is 2.30. The maximum Gasteiger partial charge on any atom is 0.222 e. The minimum absolute atomic E-state index is 0.244. The lowest BCUT2D eigenvalue weighted by Crippen LogP contribution is -2.43. The molecule has 1 aliphatic heterocycles. The summed E-state index contributed by atoms with van der Waals surface area (Å²) in [4.78, 5) is 14.5. The maximum atomic E-state index is 12.5. The Morgan fingerprint density at radius 3 is 2.26 bits per heavy atom. The first kappa shape index (κ1) is 17.2. The predicted molar refractivity (Wildman–Crippen MR) is 92.0 cm³/mol. The number of nitrogens with two attached hydrogens (primary N) is 1. The highest BCUT2D eigenvalue weighted by atomic mass is 16.5. The molecule has 2 N–H and O–H groups in total. The fraction of sp³-hybridized carbons (Fsp3) is 0.947. The molecule has 0 unspecified atom stereocenters. The zero-order valence-electron chi connectivity index (χ0n) is 14.7. The topological polar surface area (TPSA) is 55.6 Å². The van der Waals surface area contributed by atoms with Crippen LogP contribution < -0.4 is 5.73 Å². The number of ether oxygens (including phenoxy) is 1. The van der Waals surface area contributed by atoms with Crippen LogP contribution in [-0.2, 0) is 9.53 Å². The van der Waals surface area contributed by atoms with Gasteiger partial charge in [-0.1, -0.05) is 13.3 Å². The lowest BCUT2D eigenvalue weighted by atomic mass is 9.88. The van der Waals surface area contributed by atoms with Crippen molar-refractivity contribution < 1.29 is 9.53 Å². The summed E-state index contributed by atoms with van der Waals surface area (Å²) >= 11 is 0. The fourth-order valence-corrected chi connectivity index (χ4v) is 4.55. The molecule has 1 amide bonds. The van der Waals surface area contributed by atoms with Gasteiger partial charge in [-0.3, -0.25) is 4.79 Å². The van der Waals surface area contributed by atoms with Crippen molar-refractivity contribution in [2.24, 2.45) is 17.6 Å². The van der Waals surface area contributed by atoms with Crippen LogP contribution in [0.2, 0.25) is 0 Å². The molecule has 0 radical (unpaired) electrons. The van der Waals surface area contributed by atoms with Crippen LogP contribution in [0.1, 0.15) is 71.1 Å². The molecule has 2 saturated carbocycles. The standard InChI is InChI=1S/C19H34N2O2/c1-14-5-7-16(8-6-14)23-17-9-11-21(12-10-17)19(22)13-15-3-2-4-18(15)20/h14-18H,2-13,20H2,1H3/t14?,15-,16?,18+/m0/s1. The summed E-state index contributed by atoms with van der Waals surface area (Å²) in [6.07, 6.45) is 12.0. The van der Waals surface area contributed by atoms with Crippen LogP contribution >= 0.6 is 0 Å². The summed E-state index contributed by atoms with van der Waals surface area (Å²) in [5, 5.41) is 0. The minimum Gasteiger partial charge on any atom is -0.375 e. The Labute approximate surface area is 141 Å². The van der Waals surface area contributed by atoms with E-state index < -0.39 is 0 Å². The van der Waals surface area contributed by atoms with Crippen LogP contribution in [0.4, 0.5) is 0 Å². The van der Waals surface area contributed by atoms with Gasteiger partial charge in [0, 0.05) is 25.6 Å². The Kier molecular flexibility index (Phi) is 5.97. The zero-order valence-corrected chi connectivity index (χ0v) is 14.7. The summed E-state index contributed by atoms with van der Waals surface area (Å²) in [5.74, 6) is 1.61. The second-order valence-corrected chi connectivity index (χ2v) is 8.16. The molecular formula is C19H34N2O2. The maximum absolute atomic E-state index is 12.5. The van der Waals surface area contributed by atoms with Crippen molar-refractivity contribution >= 4 is 5.91 Å². The zero-order chi connectivity index (χ0) is 16.2. The molecule has 3 aliphatic rings. The third-order valence-corrected chi connectivity index (χ3v) is 6.30. The molecule has 0 aromatic heterocycles. The van der Waals surface area contributed by atoms with Gasteiger partial charge in [-0.2, -0.15) is 0 Å². The molecule has 0 bridgehead atoms. The number of nitrogens with zero attached hydrogens (tertiary/aromatic N) is 1. The van der Waals surface area contributed by atoms with Gasteiger partial charge in [0.2, 0.25) is 5.91 Å². The number of hydrogen-bond donors (Lipinski definition) is 1. The first-order chi connectivity index (χ1) is 11.1. The second kappa shape index (κ2) is 7.98. The Bertz CT molecular complexity index is 385. The molecule has 132 valence electrons. The summed E-state index contributed by atoms with van der Waals surface area (Å²) in [6, 6.07) is 0.244. The quantitative estimate of drug-likeness (QED) is 0.865. The average molecular weight is 322 g/mol. The number of piperidine rings is 1. The molecule has 4 heteroatoms. The smallest absolute Gasteiger partial charge is 0.222 e. The van der Waals surface area contributed by atoms with Crippen LogP contribution in [0, 0.1) is 11.8 Å². The van der Waals surface area contributed by atoms with E-state index in [4.69, 9.17) is 10.5 Å². The second-order valence-electron chi connectivity index (χ2n) is 8.16. The van der Waals surface area contributed by atoms with E-state index in [9.17, 15) is 4.79 Å². The Hall–Kier alpha value is -0.610. The normalized spacial score (nSPS) is 36.3. The first-order valence-corrected chi connectivity index (χ1v) is 9.80. The van der Waals surface area contributed by atoms with Gasteiger partial charge in [-0.25, -0.2) is 0 Å². The molecular weight excluding hydrogens is 288 g/mol. The van der Waals surface area contributed by atoms with Crippen molar-refractivity contribution in [1.82, 2.24) is 4.90 Å². The molecule has 0 aromatic carbocycles. The predicted octanol–water partition coefficient (Wildman–Crippen LogP) is 3.09. The van der Waals surface area contributed by atoms with Gasteiger partial charge in [0.05, 0.1) is 12.2 Å². The van der Waals surface area contributed by atoms with Crippen LogP contribution in [0.25, 0.3) is 0 Å². The lowest BCUT2D eigenvalue weighted by Gasteiger charge is -2.36. The van der Waals surface area contributed by atoms with Crippen molar-refractivity contribution in [2.45, 2.75) is 89.4 Å². The van der Waals surface area contributed by atoms with E-state index in [1.807, 2.05) is 4.90 Å². The summed E-state index contributed by atoms with van der Waals surface area (Å²) < 4.78 is 6.30. The van der Waals surface area contributed by atoms with E-state index in [-0.39, 0.29) is 6.04 Å². The number of carbonyl (C=O) groups is 1. The number of hydrogen-bond acceptors (Lipinski definition) is 3. The van der Waals surface area contributed by atoms with Crippen molar-refractivity contribution in [3.63, 3.8) is 0 Å². The van der Waals surface area contributed by atoms with E-state index >= 15 is 0 Å². The highest BCUT2D eigenvalue weighted by Gasteiger charge is 2.31. The van der Waals surface area contributed by atoms with Crippen molar-refractivity contribution in [3.05, 3.63) is 0 Å². The number of carbonyl (C=O) groups excluding carboxylic acids is 1. The van der Waals surface area contributed by atoms with Gasteiger partial charge >= 0.3 is 0 Å². The SMILES string of the molecule is CC1CCC(OC2CCN(C(=O)C[C@@H]3CCC[C@H]3N)CC2)CC1. The van der Waals surface area contributed by atoms with Crippen LogP contribution in [-0.4, -0.2) is 42.1 Å². The first-order valence-electron chi connectivity index (χ1n) is 9.80. The van der Waals surface area contributed by atoms with E-state index in [1.165, 1.54) is 32.1 Å². The lowest BCUT2D eigenvalue weighted by molar-refractivity contribution is -0.136. The highest BCUT2D eigenvalue weighted by molar-refractivity contribution is 5.76. The van der Waals surface area contributed by atoms with E-state index in [2.05, 4.69) is 6.92 Å². The molecule has 2 aliphatic carbocycles. The third-order valence-electron chi connectivity index (χ3n) is 6.30. The van der Waals surface area contributed by atoms with E-state index in [1.54, 1.807) is 0 Å². The molecule has 3 rings (SSSR count). The Morgan fingerprint density at radius 2 is 1.65 bits per heavy atom. The van der Waals surface area contributed by atoms with Gasteiger partial charge in [-0.05, 0) is 63.2 Å². The molecule has 1 heterocycles. The summed E-state index contributed by atoms with van der Waals surface area (Å²) in [7, 11) is 0. The van der Waals surface area contributed by atoms with Crippen molar-refractivity contribution in [1.29, 1.82) is 0 Å². The van der Waals surface area contributed by atoms with E-state index in [0.717, 1.165) is 44.7 Å². The van der Waals surface area contributed by atoms with Gasteiger partial charge in [0.15, 0.2) is 0 Å². The molecule has 3 fully saturated rings. The van der Waals surface area contributed by atoms with Crippen molar-refractivity contribution in [3.8, 4) is 0 Å². The summed E-state index contributed by atoms with van der Waals surface area (Å²) in [5.41, 5.74) is 6.10.